The van der Waals surface area contributed by atoms with Gasteiger partial charge < -0.3 is 67.5 Å². The van der Waals surface area contributed by atoms with Gasteiger partial charge in [0.25, 0.3) is 0 Å². The number of guanidine groups is 2. The van der Waals surface area contributed by atoms with Gasteiger partial charge in [0.1, 0.15) is 55.9 Å². The molecule has 11 aliphatic rings. The number of benzene rings is 8. The molecule has 2 saturated heterocycles. The number of nitrogens with two attached hydrogens (primary N) is 4. The van der Waals surface area contributed by atoms with Gasteiger partial charge in [0.15, 0.2) is 28.1 Å². The molecular formula is C101H110BBr3Cl2F10N16O8S4. The van der Waals surface area contributed by atoms with Gasteiger partial charge in [0.2, 0.25) is 11.9 Å². The summed E-state index contributed by atoms with van der Waals surface area (Å²) < 4.78 is 149. The summed E-state index contributed by atoms with van der Waals surface area (Å²) in [5.41, 5.74) is 28.1. The van der Waals surface area contributed by atoms with E-state index < -0.39 is 73.2 Å². The van der Waals surface area contributed by atoms with Crippen molar-refractivity contribution in [3.63, 3.8) is 0 Å². The number of thioether (sulfide) groups is 1. The number of hydrogen-bond acceptors (Lipinski definition) is 25. The number of alkyl halides is 8. The zero-order valence-electron chi connectivity index (χ0n) is 76.2. The second-order valence-corrected chi connectivity index (χ2v) is 41.7. The van der Waals surface area contributed by atoms with E-state index in [9.17, 15) is 43.9 Å². The van der Waals surface area contributed by atoms with Crippen LogP contribution in [0, 0.1) is 33.6 Å². The molecule has 7 aliphatic heterocycles. The van der Waals surface area contributed by atoms with Crippen LogP contribution in [0.2, 0.25) is 0 Å². The van der Waals surface area contributed by atoms with E-state index in [-0.39, 0.29) is 91.8 Å². The van der Waals surface area contributed by atoms with Gasteiger partial charge in [-0.15, -0.1) is 24.8 Å². The van der Waals surface area contributed by atoms with Crippen molar-refractivity contribution in [2.24, 2.45) is 69.6 Å². The quantitative estimate of drug-likeness (QED) is 0.00855. The first-order valence-corrected chi connectivity index (χ1v) is 48.6. The van der Waals surface area contributed by atoms with E-state index >= 15 is 0 Å². The molecule has 21 rings (SSSR count). The molecule has 8 aromatic carbocycles. The van der Waals surface area contributed by atoms with Crippen LogP contribution in [0.3, 0.4) is 0 Å². The number of pyridine rings is 2. The third kappa shape index (κ3) is 26.3. The molecule has 9 heterocycles. The molecule has 4 aliphatic carbocycles. The van der Waals surface area contributed by atoms with Crippen LogP contribution in [-0.4, -0.2) is 175 Å². The summed E-state index contributed by atoms with van der Waals surface area (Å²) >= 11 is 28.5. The summed E-state index contributed by atoms with van der Waals surface area (Å²) in [4.78, 5) is 41.7. The van der Waals surface area contributed by atoms with Gasteiger partial charge in [0, 0.05) is 92.4 Å². The van der Waals surface area contributed by atoms with Crippen LogP contribution in [0.4, 0.5) is 43.9 Å². The summed E-state index contributed by atoms with van der Waals surface area (Å²) in [6.07, 6.45) is 12.0. The van der Waals surface area contributed by atoms with Crippen molar-refractivity contribution in [1.29, 1.82) is 0 Å². The van der Waals surface area contributed by atoms with Crippen molar-refractivity contribution in [2.45, 2.75) is 149 Å². The highest BCUT2D eigenvalue weighted by Crippen LogP contribution is 2.56. The number of amidine groups is 3. The Hall–Kier alpha value is -10.0. The van der Waals surface area contributed by atoms with Crippen LogP contribution in [0.15, 0.2) is 269 Å². The van der Waals surface area contributed by atoms with Crippen LogP contribution in [0.5, 0.6) is 23.0 Å². The van der Waals surface area contributed by atoms with Crippen LogP contribution >= 0.6 is 121 Å². The standard InChI is InChI=1S/C26H22F3N5O.C21H19BrF2N4O.C21H18BrF2N3OS.C16H10BrF2NOS3.C5H5BFNO2.C5H12N2.C4H10O2.3CH4.2ClH/c27-21-20(5-2-12-31-21)16-3-1-4-18(13-16)26(17-6-8-19(9-7-17)35-23(28)29)22-32-14-25(10-11-25)15-34(22)24(30)33-26;22-15-3-1-2-14(10-15)21(13-4-6-16(7-5-13)29-18(23)24)17-26-11-20(8-9-20)12-28(17)19(25)27-21;22-15-3-1-2-14(10-15)21(13-4-6-16(7-5-13)28-18(23)24)17-25-11-20(8-9-20)12-27(17)19(29)26-21;17-11-3-1-2-10(8-11)16(13(22)24-15(23)20-16)9-4-6-12(7-5-9)21-14(18)19;7-5-4(6(9)10)2-1-3-8-5;6-3-5(4-7)1-2-5;1-4(2,3)6-5;;;;;/h1-9,12-13,23H,10-11,14-15H2,(H2,30,33);1-7,10,18H,8-9,11-12H2,(H2,25,27);1-7,10,18H,8-9,11-12H2,(H,26,29);1-8,14H,(H,20,23);1-3,9-10H;1-4,6-7H2;5H,1-3H3;3*1H4;2*1H. The van der Waals surface area contributed by atoms with Crippen LogP contribution < -0.4 is 58.0 Å². The molecule has 6 fully saturated rings. The Bertz CT molecular complexity index is 6360. The Kier molecular flexibility index (Phi) is 39.1. The van der Waals surface area contributed by atoms with Crippen molar-refractivity contribution in [2.75, 3.05) is 52.4 Å². The first-order chi connectivity index (χ1) is 66.8. The lowest BCUT2D eigenvalue weighted by Gasteiger charge is -2.36. The fourth-order valence-electron chi connectivity index (χ4n) is 17.3. The molecule has 2 aromatic heterocycles. The van der Waals surface area contributed by atoms with Gasteiger partial charge in [-0.1, -0.05) is 215 Å². The van der Waals surface area contributed by atoms with Crippen molar-refractivity contribution in [1.82, 2.24) is 35.3 Å². The molecular weight excluding hydrogens is 2200 g/mol. The molecule has 0 bridgehead atoms. The average Bonchev–Trinajstić information content (AvgIpc) is 1.56. The first kappa shape index (κ1) is 117. The third-order valence-corrected chi connectivity index (χ3v) is 29.0. The largest absolute Gasteiger partial charge is 0.493 e. The number of aliphatic imine (C=N–C) groups is 5. The Morgan fingerprint density at radius 1 is 0.448 bits per heavy atom. The minimum atomic E-state index is -2.92. The van der Waals surface area contributed by atoms with E-state index in [1.165, 1.54) is 98.4 Å². The number of nitrogens with zero attached hydrogens (tertiary/aromatic N) is 10. The summed E-state index contributed by atoms with van der Waals surface area (Å²) in [7, 11) is -1.78. The van der Waals surface area contributed by atoms with Crippen molar-refractivity contribution >= 4 is 177 Å². The highest BCUT2D eigenvalue weighted by Gasteiger charge is 2.60. The minimum absolute atomic E-state index is 0. The lowest BCUT2D eigenvalue weighted by atomic mass is 9.80. The second-order valence-electron chi connectivity index (χ2n) is 36.2. The number of ether oxygens (including phenoxy) is 4. The molecule has 3 spiro atoms. The zero-order valence-corrected chi connectivity index (χ0v) is 85.8. The van der Waals surface area contributed by atoms with E-state index in [0.29, 0.717) is 60.0 Å². The molecule has 24 nitrogen and oxygen atoms in total. The minimum Gasteiger partial charge on any atom is -0.435 e. The van der Waals surface area contributed by atoms with Gasteiger partial charge in [-0.3, -0.25) is 30.0 Å². The predicted molar refractivity (Wildman–Crippen MR) is 576 cm³/mol. The number of fused-ring (bicyclic) bond motifs is 3. The maximum Gasteiger partial charge on any atom is 0.493 e. The van der Waals surface area contributed by atoms with E-state index in [2.05, 4.69) is 97.1 Å². The predicted octanol–water partition coefficient (Wildman–Crippen LogP) is 21.2. The Morgan fingerprint density at radius 2 is 0.800 bits per heavy atom. The Morgan fingerprint density at radius 3 is 1.14 bits per heavy atom. The lowest BCUT2D eigenvalue weighted by Crippen LogP contribution is -2.49. The number of rotatable bonds is 20. The molecule has 4 unspecified atom stereocenters. The smallest absolute Gasteiger partial charge is 0.435 e. The maximum absolute atomic E-state index is 14.5. The molecule has 774 valence electrons. The SMILES string of the molecule is C.C.C.CC(C)(C)OO.Cl.Cl.FC(F)Oc1ccc(C2(c3cccc(Br)c3)NC(=S)N3CC4(CC4)CN=C32)cc1.FC(F)Oc1ccc(C2(c3cccc(Br)c3)NC(=S)SC2=S)cc1.NC1=NC(c2ccc(OC(F)F)cc2)(c2cccc(-c3cccnc3F)c2)C2=NCC3(CC3)CN12.NC1=NC(c2ccc(OC(F)F)cc2)(c2cccc(Br)c2)C2=NCC3(CC3)CN12.NCC1(CN)CC1.OB(O)c1cccnc1F. The number of hydrogen-bond donors (Lipinski definition) is 9. The number of nitrogens with one attached hydrogen (secondary N) is 2. The van der Waals surface area contributed by atoms with E-state index in [1.54, 1.807) is 99.6 Å². The molecule has 145 heavy (non-hydrogen) atoms. The van der Waals surface area contributed by atoms with E-state index in [0.717, 1.165) is 136 Å². The third-order valence-electron chi connectivity index (χ3n) is 25.5. The van der Waals surface area contributed by atoms with Gasteiger partial charge in [-0.25, -0.2) is 24.8 Å². The van der Waals surface area contributed by atoms with Crippen molar-refractivity contribution in [3.8, 4) is 34.1 Å². The Labute approximate surface area is 893 Å². The van der Waals surface area contributed by atoms with Crippen molar-refractivity contribution < 1.29 is 83.0 Å². The normalized spacial score (nSPS) is 20.8. The number of thiocarbonyl (C=S) groups is 3. The Balaban J connectivity index is 0.000000183. The fraction of sp³-hybridized carbons (Fsp3) is 0.347. The van der Waals surface area contributed by atoms with E-state index in [1.807, 2.05) is 101 Å². The van der Waals surface area contributed by atoms with Crippen molar-refractivity contribution in [3.05, 3.63) is 301 Å². The second kappa shape index (κ2) is 48.5. The molecule has 0 amide bonds. The molecule has 13 N–H and O–H groups in total. The number of aromatic nitrogens is 2. The van der Waals surface area contributed by atoms with Gasteiger partial charge in [0.05, 0.1) is 9.80 Å². The molecule has 10 aromatic rings. The molecule has 4 saturated carbocycles. The fourth-order valence-corrected chi connectivity index (χ4v) is 20.7. The highest BCUT2D eigenvalue weighted by molar-refractivity contribution is 9.11. The molecule has 4 atom stereocenters. The van der Waals surface area contributed by atoms with Gasteiger partial charge >= 0.3 is 33.6 Å². The summed E-state index contributed by atoms with van der Waals surface area (Å²) in [5.74, 6) is 2.04. The number of halogens is 15. The molecule has 0 radical (unpaired) electrons. The lowest BCUT2D eigenvalue weighted by molar-refractivity contribution is -0.306. The average molecular weight is 2320 g/mol. The molecule has 44 heteroatoms. The summed E-state index contributed by atoms with van der Waals surface area (Å²) in [5, 5.41) is 32.3. The van der Waals surface area contributed by atoms with Gasteiger partial charge in [-0.2, -0.15) is 43.9 Å². The van der Waals surface area contributed by atoms with Crippen LogP contribution in [-0.2, 0) is 27.0 Å². The van der Waals surface area contributed by atoms with Gasteiger partial charge in [-0.05, 0) is 262 Å². The van der Waals surface area contributed by atoms with E-state index in [4.69, 9.17) is 99.9 Å². The zero-order chi connectivity index (χ0) is 100. The van der Waals surface area contributed by atoms with Crippen LogP contribution in [0.25, 0.3) is 11.1 Å². The summed E-state index contributed by atoms with van der Waals surface area (Å²) in [6, 6.07) is 63.0. The topological polar surface area (TPSA) is 332 Å². The highest BCUT2D eigenvalue weighted by atomic mass is 79.9. The first-order valence-electron chi connectivity index (χ1n) is 44.2. The maximum atomic E-state index is 14.5. The monoisotopic (exact) mass is 2310 g/mol. The summed E-state index contributed by atoms with van der Waals surface area (Å²) in [6.45, 7) is -0.0197. The van der Waals surface area contributed by atoms with Crippen LogP contribution in [0.1, 0.15) is 139 Å².